The van der Waals surface area contributed by atoms with Crippen LogP contribution in [0.1, 0.15) is 22.8 Å². The van der Waals surface area contributed by atoms with Gasteiger partial charge in [-0.25, -0.2) is 4.79 Å². The van der Waals surface area contributed by atoms with E-state index >= 15 is 0 Å². The minimum absolute atomic E-state index is 0.00708. The number of esters is 1. The molecule has 0 radical (unpaired) electrons. The fraction of sp³-hybridized carbons (Fsp3) is 0.235. The van der Waals surface area contributed by atoms with Gasteiger partial charge in [0.1, 0.15) is 6.61 Å². The molecular formula is C17H16Cl2O4. The Labute approximate surface area is 144 Å². The molecule has 0 aliphatic carbocycles. The number of halogens is 2. The van der Waals surface area contributed by atoms with Gasteiger partial charge < -0.3 is 14.2 Å². The van der Waals surface area contributed by atoms with Crippen LogP contribution in [-0.4, -0.2) is 19.7 Å². The van der Waals surface area contributed by atoms with Crippen molar-refractivity contribution in [2.24, 2.45) is 0 Å². The molecule has 0 fully saturated rings. The minimum atomic E-state index is -0.498. The maximum atomic E-state index is 12.2. The van der Waals surface area contributed by atoms with Crippen molar-refractivity contribution in [3.05, 3.63) is 57.6 Å². The van der Waals surface area contributed by atoms with Crippen LogP contribution in [0.4, 0.5) is 0 Å². The Morgan fingerprint density at radius 2 is 1.78 bits per heavy atom. The van der Waals surface area contributed by atoms with Crippen molar-refractivity contribution in [2.75, 3.05) is 13.7 Å². The summed E-state index contributed by atoms with van der Waals surface area (Å²) >= 11 is 12.1. The average molecular weight is 355 g/mol. The molecule has 4 nitrogen and oxygen atoms in total. The number of ether oxygens (including phenoxy) is 3. The second kappa shape index (κ2) is 8.09. The van der Waals surface area contributed by atoms with Crippen molar-refractivity contribution >= 4 is 29.2 Å². The van der Waals surface area contributed by atoms with Crippen LogP contribution in [0.25, 0.3) is 0 Å². The zero-order valence-electron chi connectivity index (χ0n) is 12.8. The molecule has 0 saturated carbocycles. The van der Waals surface area contributed by atoms with Gasteiger partial charge in [0.25, 0.3) is 0 Å². The Balaban J connectivity index is 2.12. The summed E-state index contributed by atoms with van der Waals surface area (Å²) in [4.78, 5) is 12.2. The van der Waals surface area contributed by atoms with Gasteiger partial charge in [-0.15, -0.1) is 0 Å². The Kier molecular flexibility index (Phi) is 6.13. The van der Waals surface area contributed by atoms with Crippen LogP contribution in [0, 0.1) is 0 Å². The highest BCUT2D eigenvalue weighted by Gasteiger charge is 2.14. The first kappa shape index (κ1) is 17.4. The lowest BCUT2D eigenvalue weighted by Gasteiger charge is -2.11. The molecule has 0 aliphatic rings. The van der Waals surface area contributed by atoms with Gasteiger partial charge in [0, 0.05) is 15.6 Å². The molecule has 23 heavy (non-hydrogen) atoms. The van der Waals surface area contributed by atoms with Crippen molar-refractivity contribution in [3.63, 3.8) is 0 Å². The van der Waals surface area contributed by atoms with E-state index in [-0.39, 0.29) is 6.61 Å². The highest BCUT2D eigenvalue weighted by molar-refractivity contribution is 6.35. The van der Waals surface area contributed by atoms with E-state index in [9.17, 15) is 4.79 Å². The van der Waals surface area contributed by atoms with Crippen LogP contribution >= 0.6 is 23.2 Å². The second-order valence-electron chi connectivity index (χ2n) is 4.57. The van der Waals surface area contributed by atoms with E-state index in [2.05, 4.69) is 0 Å². The molecule has 0 atom stereocenters. The molecule has 122 valence electrons. The molecule has 0 saturated heterocycles. The molecule has 0 aromatic heterocycles. The van der Waals surface area contributed by atoms with Gasteiger partial charge in [-0.2, -0.15) is 0 Å². The van der Waals surface area contributed by atoms with E-state index in [4.69, 9.17) is 37.4 Å². The summed E-state index contributed by atoms with van der Waals surface area (Å²) in [5.74, 6) is 0.542. The van der Waals surface area contributed by atoms with E-state index in [1.807, 2.05) is 6.92 Å². The van der Waals surface area contributed by atoms with Gasteiger partial charge in [-0.3, -0.25) is 0 Å². The van der Waals surface area contributed by atoms with Crippen LogP contribution < -0.4 is 9.47 Å². The third-order valence-electron chi connectivity index (χ3n) is 3.11. The molecule has 2 aromatic rings. The predicted octanol–water partition coefficient (Wildman–Crippen LogP) is 4.76. The molecule has 0 heterocycles. The number of hydrogen-bond acceptors (Lipinski definition) is 4. The molecule has 0 amide bonds. The van der Waals surface area contributed by atoms with Gasteiger partial charge in [0.2, 0.25) is 0 Å². The largest absolute Gasteiger partial charge is 0.493 e. The van der Waals surface area contributed by atoms with E-state index < -0.39 is 5.97 Å². The number of carbonyl (C=O) groups excluding carboxylic acids is 1. The monoisotopic (exact) mass is 354 g/mol. The van der Waals surface area contributed by atoms with E-state index in [1.54, 1.807) is 36.4 Å². The first-order valence-corrected chi connectivity index (χ1v) is 7.73. The van der Waals surface area contributed by atoms with E-state index in [1.165, 1.54) is 7.11 Å². The molecule has 2 aromatic carbocycles. The van der Waals surface area contributed by atoms with Crippen molar-refractivity contribution in [1.29, 1.82) is 0 Å². The second-order valence-corrected chi connectivity index (χ2v) is 5.39. The predicted molar refractivity (Wildman–Crippen MR) is 89.7 cm³/mol. The first-order chi connectivity index (χ1) is 11.1. The maximum Gasteiger partial charge on any atom is 0.338 e. The molecule has 0 N–H and O–H groups in total. The fourth-order valence-electron chi connectivity index (χ4n) is 1.96. The topological polar surface area (TPSA) is 44.8 Å². The molecule has 2 rings (SSSR count). The summed E-state index contributed by atoms with van der Waals surface area (Å²) in [7, 11) is 1.51. The lowest BCUT2D eigenvalue weighted by atomic mass is 10.2. The van der Waals surface area contributed by atoms with Crippen LogP contribution in [0.3, 0.4) is 0 Å². The summed E-state index contributed by atoms with van der Waals surface area (Å²) in [6.45, 7) is 2.37. The summed E-state index contributed by atoms with van der Waals surface area (Å²) < 4.78 is 15.9. The maximum absolute atomic E-state index is 12.2. The number of benzene rings is 2. The standard InChI is InChI=1S/C17H16Cl2O4/c1-3-22-15-8-7-11(9-16(15)21-2)17(20)23-10-12-13(18)5-4-6-14(12)19/h4-9H,3,10H2,1-2H3. The molecule has 0 unspecified atom stereocenters. The Bertz CT molecular complexity index is 681. The van der Waals surface area contributed by atoms with Crippen LogP contribution in [0.5, 0.6) is 11.5 Å². The molecule has 0 bridgehead atoms. The van der Waals surface area contributed by atoms with Crippen molar-refractivity contribution in [2.45, 2.75) is 13.5 Å². The molecule has 0 aliphatic heterocycles. The summed E-state index contributed by atoms with van der Waals surface area (Å²) in [6.07, 6.45) is 0. The lowest BCUT2D eigenvalue weighted by Crippen LogP contribution is -2.07. The molecule has 0 spiro atoms. The zero-order valence-corrected chi connectivity index (χ0v) is 14.3. The lowest BCUT2D eigenvalue weighted by molar-refractivity contribution is 0.0472. The smallest absolute Gasteiger partial charge is 0.338 e. The number of hydrogen-bond donors (Lipinski definition) is 0. The van der Waals surface area contributed by atoms with Gasteiger partial charge in [-0.1, -0.05) is 29.3 Å². The molecular weight excluding hydrogens is 339 g/mol. The Morgan fingerprint density at radius 3 is 2.39 bits per heavy atom. The fourth-order valence-corrected chi connectivity index (χ4v) is 2.47. The highest BCUT2D eigenvalue weighted by Crippen LogP contribution is 2.29. The third kappa shape index (κ3) is 4.30. The van der Waals surface area contributed by atoms with E-state index in [0.717, 1.165) is 0 Å². The Morgan fingerprint density at radius 1 is 1.09 bits per heavy atom. The summed E-state index contributed by atoms with van der Waals surface area (Å²) in [5, 5.41) is 0.907. The normalized spacial score (nSPS) is 10.3. The van der Waals surface area contributed by atoms with Crippen LogP contribution in [0.2, 0.25) is 10.0 Å². The SMILES string of the molecule is CCOc1ccc(C(=O)OCc2c(Cl)cccc2Cl)cc1OC. The Hall–Kier alpha value is -1.91. The first-order valence-electron chi connectivity index (χ1n) is 6.97. The third-order valence-corrected chi connectivity index (χ3v) is 3.82. The highest BCUT2D eigenvalue weighted by atomic mass is 35.5. The van der Waals surface area contributed by atoms with Gasteiger partial charge in [0.15, 0.2) is 11.5 Å². The summed E-state index contributed by atoms with van der Waals surface area (Å²) in [6, 6.07) is 9.97. The van der Waals surface area contributed by atoms with Crippen LogP contribution in [-0.2, 0) is 11.3 Å². The van der Waals surface area contributed by atoms with Crippen LogP contribution in [0.15, 0.2) is 36.4 Å². The summed E-state index contributed by atoms with van der Waals surface area (Å²) in [5.41, 5.74) is 0.926. The van der Waals surface area contributed by atoms with Gasteiger partial charge in [-0.05, 0) is 37.3 Å². The number of methoxy groups -OCH3 is 1. The van der Waals surface area contributed by atoms with Gasteiger partial charge in [0.05, 0.1) is 19.3 Å². The van der Waals surface area contributed by atoms with Crippen molar-refractivity contribution in [1.82, 2.24) is 0 Å². The number of rotatable bonds is 6. The van der Waals surface area contributed by atoms with E-state index in [0.29, 0.717) is 39.3 Å². The quantitative estimate of drug-likeness (QED) is 0.701. The van der Waals surface area contributed by atoms with Gasteiger partial charge >= 0.3 is 5.97 Å². The zero-order chi connectivity index (χ0) is 16.8. The average Bonchev–Trinajstić information content (AvgIpc) is 2.54. The van der Waals surface area contributed by atoms with Crippen molar-refractivity contribution < 1.29 is 19.0 Å². The van der Waals surface area contributed by atoms with Crippen molar-refractivity contribution in [3.8, 4) is 11.5 Å². The number of carbonyl (C=O) groups is 1. The molecule has 6 heteroatoms. The minimum Gasteiger partial charge on any atom is -0.493 e.